The third kappa shape index (κ3) is 3.49. The Morgan fingerprint density at radius 1 is 1.56 bits per heavy atom. The van der Waals surface area contributed by atoms with E-state index in [1.165, 1.54) is 0 Å². The van der Waals surface area contributed by atoms with Crippen LogP contribution in [0, 0.1) is 11.3 Å². The Balaban J connectivity index is 2.55. The second kappa shape index (κ2) is 6.49. The molecule has 1 saturated heterocycles. The van der Waals surface area contributed by atoms with Crippen LogP contribution in [0.2, 0.25) is 0 Å². The van der Waals surface area contributed by atoms with E-state index in [0.717, 1.165) is 25.8 Å². The van der Waals surface area contributed by atoms with Gasteiger partial charge in [0.25, 0.3) is 0 Å². The van der Waals surface area contributed by atoms with E-state index in [1.807, 2.05) is 18.7 Å². The summed E-state index contributed by atoms with van der Waals surface area (Å²) in [4.78, 5) is 14.0. The number of nitriles is 1. The van der Waals surface area contributed by atoms with Crippen LogP contribution >= 0.6 is 0 Å². The van der Waals surface area contributed by atoms with Gasteiger partial charge in [0.2, 0.25) is 5.91 Å². The Morgan fingerprint density at radius 3 is 2.81 bits per heavy atom. The van der Waals surface area contributed by atoms with Crippen molar-refractivity contribution in [1.82, 2.24) is 10.2 Å². The molecule has 1 fully saturated rings. The third-order valence-corrected chi connectivity index (χ3v) is 2.98. The third-order valence-electron chi connectivity index (χ3n) is 2.98. The van der Waals surface area contributed by atoms with Gasteiger partial charge in [0.05, 0.1) is 18.5 Å². The highest BCUT2D eigenvalue weighted by molar-refractivity contribution is 5.82. The molecule has 0 aliphatic carbocycles. The zero-order valence-electron chi connectivity index (χ0n) is 10.2. The normalized spacial score (nSPS) is 20.5. The Kier molecular flexibility index (Phi) is 5.27. The molecular formula is C12H21N3O. The number of piperidine rings is 1. The molecule has 1 amide bonds. The van der Waals surface area contributed by atoms with E-state index in [9.17, 15) is 4.79 Å². The maximum absolute atomic E-state index is 12.2. The Bertz CT molecular complexity index is 264. The number of amides is 1. The SMILES string of the molecule is CC(C)N(CCC#N)C(=O)[C@H]1CCCCN1. The number of rotatable bonds is 4. The van der Waals surface area contributed by atoms with Crippen LogP contribution in [-0.2, 0) is 4.79 Å². The predicted octanol–water partition coefficient (Wildman–Crippen LogP) is 1.28. The fraction of sp³-hybridized carbons (Fsp3) is 0.833. The van der Waals surface area contributed by atoms with Crippen molar-refractivity contribution in [2.75, 3.05) is 13.1 Å². The van der Waals surface area contributed by atoms with E-state index in [4.69, 9.17) is 5.26 Å². The minimum absolute atomic E-state index is 0.0326. The largest absolute Gasteiger partial charge is 0.338 e. The molecule has 0 bridgehead atoms. The minimum atomic E-state index is -0.0326. The molecule has 0 aromatic heterocycles. The number of nitrogens with one attached hydrogen (secondary N) is 1. The molecule has 1 atom stereocenters. The molecular weight excluding hydrogens is 202 g/mol. The molecule has 1 aliphatic heterocycles. The summed E-state index contributed by atoms with van der Waals surface area (Å²) >= 11 is 0. The molecule has 1 heterocycles. The molecule has 0 aromatic carbocycles. The first-order valence-corrected chi connectivity index (χ1v) is 6.07. The fourth-order valence-corrected chi connectivity index (χ4v) is 2.06. The molecule has 0 aromatic rings. The van der Waals surface area contributed by atoms with Gasteiger partial charge in [-0.1, -0.05) is 6.42 Å². The molecule has 1 rings (SSSR count). The molecule has 1 aliphatic rings. The van der Waals surface area contributed by atoms with Crippen LogP contribution in [-0.4, -0.2) is 36.0 Å². The van der Waals surface area contributed by atoms with Crippen molar-refractivity contribution in [1.29, 1.82) is 5.26 Å². The summed E-state index contributed by atoms with van der Waals surface area (Å²) in [6, 6.07) is 2.23. The molecule has 0 saturated carbocycles. The molecule has 0 unspecified atom stereocenters. The lowest BCUT2D eigenvalue weighted by Gasteiger charge is -2.32. The highest BCUT2D eigenvalue weighted by atomic mass is 16.2. The average Bonchev–Trinajstić information content (AvgIpc) is 2.30. The van der Waals surface area contributed by atoms with Gasteiger partial charge in [-0.3, -0.25) is 4.79 Å². The van der Waals surface area contributed by atoms with E-state index >= 15 is 0 Å². The topological polar surface area (TPSA) is 56.1 Å². The number of hydrogen-bond donors (Lipinski definition) is 1. The van der Waals surface area contributed by atoms with Crippen LogP contribution in [0.15, 0.2) is 0 Å². The lowest BCUT2D eigenvalue weighted by molar-refractivity contribution is -0.135. The number of hydrogen-bond acceptors (Lipinski definition) is 3. The number of nitrogens with zero attached hydrogens (tertiary/aromatic N) is 2. The molecule has 4 heteroatoms. The first kappa shape index (κ1) is 13.0. The summed E-state index contributed by atoms with van der Waals surface area (Å²) in [6.45, 7) is 5.47. The highest BCUT2D eigenvalue weighted by Gasteiger charge is 2.26. The quantitative estimate of drug-likeness (QED) is 0.781. The van der Waals surface area contributed by atoms with Crippen molar-refractivity contribution in [3.8, 4) is 6.07 Å². The fourth-order valence-electron chi connectivity index (χ4n) is 2.06. The van der Waals surface area contributed by atoms with Gasteiger partial charge >= 0.3 is 0 Å². The Hall–Kier alpha value is -1.08. The van der Waals surface area contributed by atoms with E-state index < -0.39 is 0 Å². The second-order valence-corrected chi connectivity index (χ2v) is 4.54. The van der Waals surface area contributed by atoms with Crippen LogP contribution < -0.4 is 5.32 Å². The highest BCUT2D eigenvalue weighted by Crippen LogP contribution is 2.12. The van der Waals surface area contributed by atoms with Crippen LogP contribution in [0.3, 0.4) is 0 Å². The van der Waals surface area contributed by atoms with Crippen LogP contribution in [0.1, 0.15) is 39.5 Å². The zero-order chi connectivity index (χ0) is 12.0. The maximum atomic E-state index is 12.2. The zero-order valence-corrected chi connectivity index (χ0v) is 10.2. The summed E-state index contributed by atoms with van der Waals surface area (Å²) < 4.78 is 0. The average molecular weight is 223 g/mol. The van der Waals surface area contributed by atoms with Gasteiger partial charge < -0.3 is 10.2 Å². The van der Waals surface area contributed by atoms with E-state index in [-0.39, 0.29) is 18.0 Å². The molecule has 4 nitrogen and oxygen atoms in total. The summed E-state index contributed by atoms with van der Waals surface area (Å²) in [5, 5.41) is 11.8. The van der Waals surface area contributed by atoms with Gasteiger partial charge in [-0.25, -0.2) is 0 Å². The minimum Gasteiger partial charge on any atom is -0.338 e. The predicted molar refractivity (Wildman–Crippen MR) is 62.7 cm³/mol. The number of carbonyl (C=O) groups is 1. The van der Waals surface area contributed by atoms with E-state index in [0.29, 0.717) is 13.0 Å². The van der Waals surface area contributed by atoms with E-state index in [2.05, 4.69) is 11.4 Å². The van der Waals surface area contributed by atoms with Gasteiger partial charge in [-0.15, -0.1) is 0 Å². The summed E-state index contributed by atoms with van der Waals surface area (Å²) in [5.74, 6) is 0.157. The molecule has 1 N–H and O–H groups in total. The first-order chi connectivity index (χ1) is 7.66. The summed E-state index contributed by atoms with van der Waals surface area (Å²) in [7, 11) is 0. The maximum Gasteiger partial charge on any atom is 0.239 e. The van der Waals surface area contributed by atoms with Crippen molar-refractivity contribution < 1.29 is 4.79 Å². The molecule has 0 radical (unpaired) electrons. The van der Waals surface area contributed by atoms with Crippen molar-refractivity contribution >= 4 is 5.91 Å². The lowest BCUT2D eigenvalue weighted by Crippen LogP contribution is -2.50. The Labute approximate surface area is 97.6 Å². The van der Waals surface area contributed by atoms with Crippen molar-refractivity contribution in [3.05, 3.63) is 0 Å². The van der Waals surface area contributed by atoms with Crippen molar-refractivity contribution in [2.45, 2.75) is 51.6 Å². The van der Waals surface area contributed by atoms with Crippen LogP contribution in [0.25, 0.3) is 0 Å². The second-order valence-electron chi connectivity index (χ2n) is 4.54. The van der Waals surface area contributed by atoms with Crippen molar-refractivity contribution in [3.63, 3.8) is 0 Å². The summed E-state index contributed by atoms with van der Waals surface area (Å²) in [5.41, 5.74) is 0. The number of carbonyl (C=O) groups excluding carboxylic acids is 1. The standard InChI is InChI=1S/C12H21N3O/c1-10(2)15(9-5-7-13)12(16)11-6-3-4-8-14-11/h10-11,14H,3-6,8-9H2,1-2H3/t11-/m1/s1. The van der Waals surface area contributed by atoms with Gasteiger partial charge in [-0.2, -0.15) is 5.26 Å². The van der Waals surface area contributed by atoms with E-state index in [1.54, 1.807) is 0 Å². The summed E-state index contributed by atoms with van der Waals surface area (Å²) in [6.07, 6.45) is 3.61. The van der Waals surface area contributed by atoms with Crippen LogP contribution in [0.4, 0.5) is 0 Å². The van der Waals surface area contributed by atoms with Gasteiger partial charge in [0, 0.05) is 12.6 Å². The Morgan fingerprint density at radius 2 is 2.31 bits per heavy atom. The monoisotopic (exact) mass is 223 g/mol. The van der Waals surface area contributed by atoms with Crippen molar-refractivity contribution in [2.24, 2.45) is 0 Å². The van der Waals surface area contributed by atoms with Gasteiger partial charge in [0.1, 0.15) is 0 Å². The lowest BCUT2D eigenvalue weighted by atomic mass is 10.0. The van der Waals surface area contributed by atoms with Gasteiger partial charge in [-0.05, 0) is 33.2 Å². The molecule has 90 valence electrons. The smallest absolute Gasteiger partial charge is 0.239 e. The first-order valence-electron chi connectivity index (χ1n) is 6.07. The van der Waals surface area contributed by atoms with Gasteiger partial charge in [0.15, 0.2) is 0 Å². The van der Waals surface area contributed by atoms with Crippen LogP contribution in [0.5, 0.6) is 0 Å². The molecule has 16 heavy (non-hydrogen) atoms. The molecule has 0 spiro atoms.